The molecule has 0 radical (unpaired) electrons. The maximum Gasteiger partial charge on any atom is 0.515 e. The number of pyridine rings is 1. The van der Waals surface area contributed by atoms with Crippen molar-refractivity contribution in [3.63, 3.8) is 0 Å². The SMILES string of the molecule is CC1CCC1OC(=O)Oc1ccccn1. The summed E-state index contributed by atoms with van der Waals surface area (Å²) in [5.41, 5.74) is 0. The van der Waals surface area contributed by atoms with Gasteiger partial charge in [-0.25, -0.2) is 9.78 Å². The minimum absolute atomic E-state index is 0.0150. The van der Waals surface area contributed by atoms with Crippen LogP contribution in [0.2, 0.25) is 0 Å². The van der Waals surface area contributed by atoms with E-state index >= 15 is 0 Å². The van der Waals surface area contributed by atoms with Gasteiger partial charge in [0.1, 0.15) is 6.10 Å². The molecule has 0 aromatic carbocycles. The summed E-state index contributed by atoms with van der Waals surface area (Å²) in [5.74, 6) is 0.718. The highest BCUT2D eigenvalue weighted by molar-refractivity contribution is 5.63. The molecule has 0 N–H and O–H groups in total. The summed E-state index contributed by atoms with van der Waals surface area (Å²) in [4.78, 5) is 15.1. The quantitative estimate of drug-likeness (QED) is 0.698. The van der Waals surface area contributed by atoms with E-state index in [9.17, 15) is 4.79 Å². The van der Waals surface area contributed by atoms with Crippen LogP contribution >= 0.6 is 0 Å². The number of ether oxygens (including phenoxy) is 2. The van der Waals surface area contributed by atoms with Gasteiger partial charge in [0.15, 0.2) is 0 Å². The Morgan fingerprint density at radius 2 is 2.33 bits per heavy atom. The molecule has 2 rings (SSSR count). The van der Waals surface area contributed by atoms with Crippen LogP contribution in [0.5, 0.6) is 5.88 Å². The molecule has 0 saturated heterocycles. The zero-order valence-electron chi connectivity index (χ0n) is 8.55. The van der Waals surface area contributed by atoms with Crippen LogP contribution in [0.1, 0.15) is 19.8 Å². The summed E-state index contributed by atoms with van der Waals surface area (Å²) < 4.78 is 10.00. The number of aromatic nitrogens is 1. The van der Waals surface area contributed by atoms with Crippen molar-refractivity contribution in [2.45, 2.75) is 25.9 Å². The molecule has 0 amide bonds. The van der Waals surface area contributed by atoms with E-state index in [1.54, 1.807) is 24.4 Å². The van der Waals surface area contributed by atoms with E-state index in [1.165, 1.54) is 0 Å². The fraction of sp³-hybridized carbons (Fsp3) is 0.455. The first kappa shape index (κ1) is 9.96. The minimum Gasteiger partial charge on any atom is -0.430 e. The molecule has 2 unspecified atom stereocenters. The van der Waals surface area contributed by atoms with Gasteiger partial charge in [0, 0.05) is 12.3 Å². The minimum atomic E-state index is -0.662. The third kappa shape index (κ3) is 2.46. The summed E-state index contributed by atoms with van der Waals surface area (Å²) in [7, 11) is 0. The van der Waals surface area contributed by atoms with Crippen LogP contribution in [-0.4, -0.2) is 17.2 Å². The van der Waals surface area contributed by atoms with Crippen molar-refractivity contribution in [2.75, 3.05) is 0 Å². The van der Waals surface area contributed by atoms with Gasteiger partial charge in [-0.2, -0.15) is 0 Å². The topological polar surface area (TPSA) is 48.4 Å². The Hall–Kier alpha value is -1.58. The van der Waals surface area contributed by atoms with Gasteiger partial charge in [-0.1, -0.05) is 13.0 Å². The Kier molecular flexibility index (Phi) is 2.85. The van der Waals surface area contributed by atoms with Gasteiger partial charge in [-0.05, 0) is 24.8 Å². The average molecular weight is 207 g/mol. The van der Waals surface area contributed by atoms with E-state index in [1.807, 2.05) is 0 Å². The smallest absolute Gasteiger partial charge is 0.430 e. The Morgan fingerprint density at radius 3 is 2.87 bits per heavy atom. The molecule has 1 fully saturated rings. The first-order valence-electron chi connectivity index (χ1n) is 5.05. The molecule has 1 aliphatic carbocycles. The number of carbonyl (C=O) groups excluding carboxylic acids is 1. The highest BCUT2D eigenvalue weighted by Crippen LogP contribution is 2.29. The standard InChI is InChI=1S/C11H13NO3/c1-8-5-6-9(8)14-11(13)15-10-4-2-3-7-12-10/h2-4,7-9H,5-6H2,1H3. The third-order valence-electron chi connectivity index (χ3n) is 2.61. The molecule has 0 spiro atoms. The van der Waals surface area contributed by atoms with E-state index < -0.39 is 6.16 Å². The van der Waals surface area contributed by atoms with Crippen molar-refractivity contribution in [1.82, 2.24) is 4.98 Å². The number of nitrogens with zero attached hydrogens (tertiary/aromatic N) is 1. The molecule has 1 saturated carbocycles. The molecule has 0 bridgehead atoms. The molecular weight excluding hydrogens is 194 g/mol. The van der Waals surface area contributed by atoms with Gasteiger partial charge >= 0.3 is 6.16 Å². The molecular formula is C11H13NO3. The molecule has 80 valence electrons. The molecule has 4 heteroatoms. The van der Waals surface area contributed by atoms with Crippen LogP contribution in [-0.2, 0) is 4.74 Å². The lowest BCUT2D eigenvalue weighted by atomic mass is 9.84. The van der Waals surface area contributed by atoms with E-state index in [0.29, 0.717) is 5.92 Å². The molecule has 2 atom stereocenters. The van der Waals surface area contributed by atoms with E-state index in [2.05, 4.69) is 11.9 Å². The molecule has 1 aliphatic rings. The highest BCUT2D eigenvalue weighted by Gasteiger charge is 2.30. The summed E-state index contributed by atoms with van der Waals surface area (Å²) in [5, 5.41) is 0. The first-order chi connectivity index (χ1) is 7.25. The fourth-order valence-electron chi connectivity index (χ4n) is 1.45. The second-order valence-corrected chi connectivity index (χ2v) is 3.73. The van der Waals surface area contributed by atoms with Crippen molar-refractivity contribution in [3.05, 3.63) is 24.4 Å². The largest absolute Gasteiger partial charge is 0.515 e. The molecule has 0 aliphatic heterocycles. The van der Waals surface area contributed by atoms with E-state index in [0.717, 1.165) is 12.8 Å². The number of hydrogen-bond acceptors (Lipinski definition) is 4. The van der Waals surface area contributed by atoms with Gasteiger partial charge in [0.05, 0.1) is 0 Å². The third-order valence-corrected chi connectivity index (χ3v) is 2.61. The Balaban J connectivity index is 1.82. The van der Waals surface area contributed by atoms with Crippen molar-refractivity contribution in [2.24, 2.45) is 5.92 Å². The zero-order valence-corrected chi connectivity index (χ0v) is 8.55. The van der Waals surface area contributed by atoms with Crippen LogP contribution in [0.15, 0.2) is 24.4 Å². The maximum absolute atomic E-state index is 11.3. The highest BCUT2D eigenvalue weighted by atomic mass is 16.7. The van der Waals surface area contributed by atoms with Gasteiger partial charge in [0.2, 0.25) is 5.88 Å². The predicted molar refractivity (Wildman–Crippen MR) is 53.5 cm³/mol. The number of hydrogen-bond donors (Lipinski definition) is 0. The Morgan fingerprint density at radius 1 is 1.47 bits per heavy atom. The van der Waals surface area contributed by atoms with Gasteiger partial charge in [0.25, 0.3) is 0 Å². The summed E-state index contributed by atoms with van der Waals surface area (Å²) in [6.07, 6.45) is 2.96. The normalized spacial score (nSPS) is 24.1. The maximum atomic E-state index is 11.3. The fourth-order valence-corrected chi connectivity index (χ4v) is 1.45. The average Bonchev–Trinajstić information content (AvgIpc) is 2.25. The van der Waals surface area contributed by atoms with Crippen molar-refractivity contribution >= 4 is 6.16 Å². The van der Waals surface area contributed by atoms with Crippen molar-refractivity contribution in [3.8, 4) is 5.88 Å². The molecule has 1 aromatic heterocycles. The predicted octanol–water partition coefficient (Wildman–Crippen LogP) is 2.40. The summed E-state index contributed by atoms with van der Waals surface area (Å²) >= 11 is 0. The zero-order chi connectivity index (χ0) is 10.7. The Bertz CT molecular complexity index is 339. The monoisotopic (exact) mass is 207 g/mol. The first-order valence-corrected chi connectivity index (χ1v) is 5.05. The lowest BCUT2D eigenvalue weighted by molar-refractivity contribution is -0.0130. The van der Waals surface area contributed by atoms with Crippen LogP contribution in [0, 0.1) is 5.92 Å². The van der Waals surface area contributed by atoms with E-state index in [-0.39, 0.29) is 12.0 Å². The molecule has 15 heavy (non-hydrogen) atoms. The summed E-state index contributed by atoms with van der Waals surface area (Å²) in [6, 6.07) is 5.12. The van der Waals surface area contributed by atoms with Gasteiger partial charge in [-0.3, -0.25) is 0 Å². The van der Waals surface area contributed by atoms with Gasteiger partial charge in [-0.15, -0.1) is 0 Å². The lowest BCUT2D eigenvalue weighted by Gasteiger charge is -2.32. The van der Waals surface area contributed by atoms with E-state index in [4.69, 9.17) is 9.47 Å². The van der Waals surface area contributed by atoms with Crippen molar-refractivity contribution < 1.29 is 14.3 Å². The molecule has 1 heterocycles. The van der Waals surface area contributed by atoms with Gasteiger partial charge < -0.3 is 9.47 Å². The van der Waals surface area contributed by atoms with Crippen LogP contribution in [0.4, 0.5) is 4.79 Å². The van der Waals surface area contributed by atoms with Crippen molar-refractivity contribution in [1.29, 1.82) is 0 Å². The van der Waals surface area contributed by atoms with Crippen LogP contribution < -0.4 is 4.74 Å². The lowest BCUT2D eigenvalue weighted by Crippen LogP contribution is -2.34. The number of carbonyl (C=O) groups is 1. The molecule has 1 aromatic rings. The van der Waals surface area contributed by atoms with Crippen LogP contribution in [0.3, 0.4) is 0 Å². The Labute approximate surface area is 88.2 Å². The molecule has 4 nitrogen and oxygen atoms in total. The summed E-state index contributed by atoms with van der Waals surface area (Å²) in [6.45, 7) is 2.06. The van der Waals surface area contributed by atoms with Crippen LogP contribution in [0.25, 0.3) is 0 Å². The second kappa shape index (κ2) is 4.29. The number of rotatable bonds is 2. The second-order valence-electron chi connectivity index (χ2n) is 3.73.